The molecule has 0 bridgehead atoms. The van der Waals surface area contributed by atoms with Gasteiger partial charge in [-0.15, -0.1) is 0 Å². The number of benzene rings is 3. The molecule has 0 amide bonds. The van der Waals surface area contributed by atoms with Crippen LogP contribution in [0.2, 0.25) is 0 Å². The SMILES string of the molecule is CC(C)(C)c1ccc(O)cc1.CC(C)(C)c1ccc(O)cc1.CC(C)(C)c1ccc(O)cc1.OP(O)O. The maximum Gasteiger partial charge on any atom is 0.324 e. The van der Waals surface area contributed by atoms with E-state index in [4.69, 9.17) is 30.0 Å². The number of phenolic OH excluding ortho intramolecular Hbond substituents is 3. The lowest BCUT2D eigenvalue weighted by molar-refractivity contribution is 0.368. The summed E-state index contributed by atoms with van der Waals surface area (Å²) in [6.07, 6.45) is 0. The third-order valence-electron chi connectivity index (χ3n) is 5.20. The monoisotopic (exact) mass is 532 g/mol. The van der Waals surface area contributed by atoms with Gasteiger partial charge in [-0.25, -0.2) is 0 Å². The second-order valence-electron chi connectivity index (χ2n) is 11.7. The first-order valence-corrected chi connectivity index (χ1v) is 13.2. The summed E-state index contributed by atoms with van der Waals surface area (Å²) in [4.78, 5) is 21.7. The van der Waals surface area contributed by atoms with Crippen LogP contribution in [0.25, 0.3) is 0 Å². The van der Waals surface area contributed by atoms with E-state index in [9.17, 15) is 0 Å². The van der Waals surface area contributed by atoms with E-state index in [-0.39, 0.29) is 16.2 Å². The second-order valence-corrected chi connectivity index (χ2v) is 12.2. The molecule has 3 rings (SSSR count). The Kier molecular flexibility index (Phi) is 13.9. The summed E-state index contributed by atoms with van der Waals surface area (Å²) in [6.45, 7) is 19.4. The van der Waals surface area contributed by atoms with Crippen LogP contribution in [0.15, 0.2) is 72.8 Å². The molecule has 3 aromatic carbocycles. The molecule has 0 saturated carbocycles. The van der Waals surface area contributed by atoms with Gasteiger partial charge < -0.3 is 30.0 Å². The van der Waals surface area contributed by atoms with E-state index in [1.165, 1.54) is 16.7 Å². The van der Waals surface area contributed by atoms with Gasteiger partial charge in [0.2, 0.25) is 0 Å². The Balaban J connectivity index is 0.000000490. The van der Waals surface area contributed by atoms with E-state index in [1.807, 2.05) is 36.4 Å². The number of phenols is 3. The third-order valence-corrected chi connectivity index (χ3v) is 5.20. The number of hydrogen-bond donors (Lipinski definition) is 6. The molecule has 0 atom stereocenters. The zero-order valence-corrected chi connectivity index (χ0v) is 24.5. The Bertz CT molecular complexity index is 874. The van der Waals surface area contributed by atoms with Crippen molar-refractivity contribution < 1.29 is 30.0 Å². The van der Waals surface area contributed by atoms with E-state index in [0.717, 1.165) is 0 Å². The van der Waals surface area contributed by atoms with Gasteiger partial charge in [0.15, 0.2) is 0 Å². The molecule has 7 heteroatoms. The lowest BCUT2D eigenvalue weighted by Crippen LogP contribution is -2.10. The smallest absolute Gasteiger partial charge is 0.324 e. The zero-order valence-electron chi connectivity index (χ0n) is 23.6. The van der Waals surface area contributed by atoms with Crippen molar-refractivity contribution in [1.29, 1.82) is 0 Å². The topological polar surface area (TPSA) is 121 Å². The molecule has 0 fully saturated rings. The van der Waals surface area contributed by atoms with Crippen molar-refractivity contribution in [3.63, 3.8) is 0 Å². The van der Waals surface area contributed by atoms with Crippen LogP contribution >= 0.6 is 8.60 Å². The predicted octanol–water partition coefficient (Wildman–Crippen LogP) is 7.26. The maximum absolute atomic E-state index is 9.02. The molecule has 0 unspecified atom stereocenters. The largest absolute Gasteiger partial charge is 0.508 e. The lowest BCUT2D eigenvalue weighted by atomic mass is 9.87. The molecule has 0 aliphatic heterocycles. The summed E-state index contributed by atoms with van der Waals surface area (Å²) < 4.78 is 0. The fourth-order valence-corrected chi connectivity index (χ4v) is 2.88. The lowest BCUT2D eigenvalue weighted by Gasteiger charge is -2.18. The van der Waals surface area contributed by atoms with Gasteiger partial charge in [0.1, 0.15) is 17.2 Å². The summed E-state index contributed by atoms with van der Waals surface area (Å²) >= 11 is 0. The highest BCUT2D eigenvalue weighted by Crippen LogP contribution is 2.25. The number of aromatic hydroxyl groups is 3. The van der Waals surface area contributed by atoms with Crippen LogP contribution in [0, 0.1) is 0 Å². The summed E-state index contributed by atoms with van der Waals surface area (Å²) in [5.41, 5.74) is 4.26. The van der Waals surface area contributed by atoms with Crippen LogP contribution in [-0.2, 0) is 16.2 Å². The normalized spacial score (nSPS) is 11.3. The van der Waals surface area contributed by atoms with Gasteiger partial charge in [-0.1, -0.05) is 98.7 Å². The van der Waals surface area contributed by atoms with E-state index < -0.39 is 8.60 Å². The Labute approximate surface area is 223 Å². The van der Waals surface area contributed by atoms with Crippen LogP contribution in [0.1, 0.15) is 79.0 Å². The van der Waals surface area contributed by atoms with Crippen molar-refractivity contribution in [2.75, 3.05) is 0 Å². The fourth-order valence-electron chi connectivity index (χ4n) is 2.88. The van der Waals surface area contributed by atoms with Crippen LogP contribution in [-0.4, -0.2) is 30.0 Å². The van der Waals surface area contributed by atoms with Gasteiger partial charge in [0.05, 0.1) is 0 Å². The highest BCUT2D eigenvalue weighted by atomic mass is 31.2. The molecule has 6 nitrogen and oxygen atoms in total. The zero-order chi connectivity index (χ0) is 29.0. The van der Waals surface area contributed by atoms with Crippen molar-refractivity contribution in [2.24, 2.45) is 0 Å². The first-order chi connectivity index (χ1) is 16.7. The predicted molar refractivity (Wildman–Crippen MR) is 154 cm³/mol. The molecule has 37 heavy (non-hydrogen) atoms. The van der Waals surface area contributed by atoms with Gasteiger partial charge in [0, 0.05) is 0 Å². The van der Waals surface area contributed by atoms with E-state index >= 15 is 0 Å². The Morgan fingerprint density at radius 1 is 0.378 bits per heavy atom. The Hall–Kier alpha value is -2.63. The molecule has 0 aliphatic rings. The summed E-state index contributed by atoms with van der Waals surface area (Å²) in [5, 5.41) is 27.1. The minimum atomic E-state index is -2.62. The number of hydrogen-bond acceptors (Lipinski definition) is 6. The molecular formula is C30H45O6P. The molecule has 6 N–H and O–H groups in total. The van der Waals surface area contributed by atoms with E-state index in [2.05, 4.69) is 62.3 Å². The maximum atomic E-state index is 9.02. The molecule has 0 aliphatic carbocycles. The second kappa shape index (κ2) is 14.9. The molecular weight excluding hydrogens is 487 g/mol. The van der Waals surface area contributed by atoms with E-state index in [1.54, 1.807) is 36.4 Å². The molecule has 0 saturated heterocycles. The van der Waals surface area contributed by atoms with Gasteiger partial charge >= 0.3 is 8.60 Å². The molecule has 0 spiro atoms. The van der Waals surface area contributed by atoms with Crippen molar-refractivity contribution in [3.8, 4) is 17.2 Å². The molecule has 0 aromatic heterocycles. The summed E-state index contributed by atoms with van der Waals surface area (Å²) in [7, 11) is -2.62. The van der Waals surface area contributed by atoms with Crippen molar-refractivity contribution in [3.05, 3.63) is 89.5 Å². The quantitative estimate of drug-likeness (QED) is 0.170. The Morgan fingerprint density at radius 2 is 0.514 bits per heavy atom. The molecule has 206 valence electrons. The van der Waals surface area contributed by atoms with Gasteiger partial charge in [-0.2, -0.15) is 0 Å². The average molecular weight is 533 g/mol. The van der Waals surface area contributed by atoms with Crippen molar-refractivity contribution in [1.82, 2.24) is 0 Å². The van der Waals surface area contributed by atoms with Crippen LogP contribution in [0.4, 0.5) is 0 Å². The molecule has 0 radical (unpaired) electrons. The molecule has 3 aromatic rings. The summed E-state index contributed by atoms with van der Waals surface area (Å²) in [6, 6.07) is 22.1. The number of rotatable bonds is 0. The van der Waals surface area contributed by atoms with Crippen molar-refractivity contribution >= 4 is 8.60 Å². The minimum Gasteiger partial charge on any atom is -0.508 e. The molecule has 0 heterocycles. The average Bonchev–Trinajstić information content (AvgIpc) is 2.73. The highest BCUT2D eigenvalue weighted by Gasteiger charge is 2.13. The fraction of sp³-hybridized carbons (Fsp3) is 0.400. The van der Waals surface area contributed by atoms with Crippen LogP contribution in [0.3, 0.4) is 0 Å². The first-order valence-electron chi connectivity index (χ1n) is 12.0. The van der Waals surface area contributed by atoms with E-state index in [0.29, 0.717) is 17.2 Å². The first kappa shape index (κ1) is 34.4. The standard InChI is InChI=1S/3C10H14O.H3O3P/c3*1-10(2,3)8-4-6-9(11)7-5-8;1-4(2)3/h3*4-7,11H,1-3H3;1-3H. The third kappa shape index (κ3) is 16.0. The highest BCUT2D eigenvalue weighted by molar-refractivity contribution is 7.38. The van der Waals surface area contributed by atoms with Crippen LogP contribution < -0.4 is 0 Å². The van der Waals surface area contributed by atoms with Crippen LogP contribution in [0.5, 0.6) is 17.2 Å². The van der Waals surface area contributed by atoms with Gasteiger partial charge in [0.25, 0.3) is 0 Å². The van der Waals surface area contributed by atoms with Gasteiger partial charge in [-0.05, 0) is 69.3 Å². The minimum absolute atomic E-state index is 0.174. The van der Waals surface area contributed by atoms with Crippen molar-refractivity contribution in [2.45, 2.75) is 78.6 Å². The van der Waals surface area contributed by atoms with Gasteiger partial charge in [-0.3, -0.25) is 0 Å². The Morgan fingerprint density at radius 3 is 0.622 bits per heavy atom. The summed E-state index contributed by atoms with van der Waals surface area (Å²) in [5.74, 6) is 0.994.